The Hall–Kier alpha value is -3.12. The number of carbonyl (C=O) groups excluding carboxylic acids is 1. The van der Waals surface area contributed by atoms with E-state index in [1.165, 1.54) is 4.31 Å². The number of hydrogen-bond acceptors (Lipinski definition) is 3. The first-order chi connectivity index (χ1) is 15.9. The third kappa shape index (κ3) is 3.93. The zero-order chi connectivity index (χ0) is 23.1. The van der Waals surface area contributed by atoms with Crippen molar-refractivity contribution < 1.29 is 13.2 Å². The zero-order valence-electron chi connectivity index (χ0n) is 18.8. The van der Waals surface area contributed by atoms with Gasteiger partial charge in [0.15, 0.2) is 0 Å². The molecule has 0 radical (unpaired) electrons. The van der Waals surface area contributed by atoms with E-state index in [0.717, 1.165) is 23.1 Å². The molecule has 5 nitrogen and oxygen atoms in total. The fraction of sp³-hybridized carbons (Fsp3) is 0.296. The first-order valence-electron chi connectivity index (χ1n) is 11.4. The van der Waals surface area contributed by atoms with Crippen LogP contribution in [0.25, 0.3) is 0 Å². The third-order valence-corrected chi connectivity index (χ3v) is 8.84. The lowest BCUT2D eigenvalue weighted by molar-refractivity contribution is -0.136. The van der Waals surface area contributed by atoms with Crippen LogP contribution in [0.1, 0.15) is 29.5 Å². The summed E-state index contributed by atoms with van der Waals surface area (Å²) >= 11 is 0. The minimum Gasteiger partial charge on any atom is -0.338 e. The molecule has 0 aromatic heterocycles. The van der Waals surface area contributed by atoms with Crippen LogP contribution in [0.15, 0.2) is 83.8 Å². The molecule has 1 fully saturated rings. The Morgan fingerprint density at radius 2 is 1.52 bits per heavy atom. The molecular weight excluding hydrogens is 432 g/mol. The molecule has 1 amide bonds. The maximum absolute atomic E-state index is 13.7. The van der Waals surface area contributed by atoms with Gasteiger partial charge in [-0.3, -0.25) is 9.10 Å². The Bertz CT molecular complexity index is 1270. The molecule has 1 saturated heterocycles. The molecule has 2 heterocycles. The first-order valence-corrected chi connectivity index (χ1v) is 12.8. The van der Waals surface area contributed by atoms with Crippen LogP contribution in [0, 0.1) is 12.3 Å². The average molecular weight is 461 g/mol. The van der Waals surface area contributed by atoms with Gasteiger partial charge in [-0.1, -0.05) is 66.2 Å². The van der Waals surface area contributed by atoms with E-state index >= 15 is 0 Å². The van der Waals surface area contributed by atoms with Crippen LogP contribution in [0.3, 0.4) is 0 Å². The fourth-order valence-corrected chi connectivity index (χ4v) is 6.63. The van der Waals surface area contributed by atoms with Gasteiger partial charge in [-0.15, -0.1) is 0 Å². The number of anilines is 1. The zero-order valence-corrected chi connectivity index (χ0v) is 19.6. The molecule has 3 aromatic rings. The van der Waals surface area contributed by atoms with Gasteiger partial charge in [-0.25, -0.2) is 8.42 Å². The van der Waals surface area contributed by atoms with Crippen molar-refractivity contribution in [3.8, 4) is 0 Å². The smallest absolute Gasteiger partial charge is 0.264 e. The van der Waals surface area contributed by atoms with Gasteiger partial charge in [-0.2, -0.15) is 0 Å². The molecule has 1 unspecified atom stereocenters. The summed E-state index contributed by atoms with van der Waals surface area (Å²) in [4.78, 5) is 15.9. The van der Waals surface area contributed by atoms with E-state index in [1.807, 2.05) is 78.6 Å². The van der Waals surface area contributed by atoms with Crippen molar-refractivity contribution in [1.82, 2.24) is 4.90 Å². The normalized spacial score (nSPS) is 20.7. The van der Waals surface area contributed by atoms with E-state index < -0.39 is 15.4 Å². The molecule has 2 aliphatic rings. The monoisotopic (exact) mass is 460 g/mol. The van der Waals surface area contributed by atoms with Gasteiger partial charge >= 0.3 is 0 Å². The number of carbonyl (C=O) groups is 1. The number of hydrogen-bond donors (Lipinski definition) is 0. The molecule has 0 bridgehead atoms. The third-order valence-electron chi connectivity index (χ3n) is 7.01. The van der Waals surface area contributed by atoms with Crippen molar-refractivity contribution >= 4 is 21.6 Å². The van der Waals surface area contributed by atoms with E-state index in [9.17, 15) is 13.2 Å². The van der Waals surface area contributed by atoms with Gasteiger partial charge < -0.3 is 4.90 Å². The largest absolute Gasteiger partial charge is 0.338 e. The maximum Gasteiger partial charge on any atom is 0.264 e. The van der Waals surface area contributed by atoms with Crippen LogP contribution >= 0.6 is 0 Å². The molecule has 5 rings (SSSR count). The molecule has 1 atom stereocenters. The van der Waals surface area contributed by atoms with E-state index in [1.54, 1.807) is 12.1 Å². The Kier molecular flexibility index (Phi) is 5.49. The summed E-state index contributed by atoms with van der Waals surface area (Å²) in [6, 6.07) is 24.6. The van der Waals surface area contributed by atoms with Crippen LogP contribution in [0.5, 0.6) is 0 Å². The molecule has 3 aromatic carbocycles. The van der Waals surface area contributed by atoms with Gasteiger partial charge in [-0.05, 0) is 55.5 Å². The van der Waals surface area contributed by atoms with E-state index in [4.69, 9.17) is 0 Å². The molecule has 0 saturated carbocycles. The van der Waals surface area contributed by atoms with E-state index in [-0.39, 0.29) is 17.3 Å². The lowest BCUT2D eigenvalue weighted by atomic mass is 9.78. The molecular formula is C27H28N2O3S. The topological polar surface area (TPSA) is 57.7 Å². The minimum absolute atomic E-state index is 0.135. The highest BCUT2D eigenvalue weighted by Crippen LogP contribution is 2.45. The lowest BCUT2D eigenvalue weighted by Gasteiger charge is -2.27. The number of likely N-dealkylation sites (tertiary alicyclic amines) is 1. The molecule has 0 aliphatic carbocycles. The Morgan fingerprint density at radius 3 is 2.27 bits per heavy atom. The summed E-state index contributed by atoms with van der Waals surface area (Å²) in [6.07, 6.45) is 1.82. The second-order valence-corrected chi connectivity index (χ2v) is 11.1. The quantitative estimate of drug-likeness (QED) is 0.574. The number of aryl methyl sites for hydroxylation is 1. The van der Waals surface area contributed by atoms with Gasteiger partial charge in [0.2, 0.25) is 5.91 Å². The van der Waals surface area contributed by atoms with Crippen LogP contribution in [0.4, 0.5) is 5.69 Å². The summed E-state index contributed by atoms with van der Waals surface area (Å²) in [5.74, 6) is 0.135. The lowest BCUT2D eigenvalue weighted by Crippen LogP contribution is -2.38. The summed E-state index contributed by atoms with van der Waals surface area (Å²) in [6.45, 7) is 3.52. The average Bonchev–Trinajstić information content (AvgIpc) is 3.01. The Balaban J connectivity index is 1.47. The molecule has 33 heavy (non-hydrogen) atoms. The standard InChI is InChI=1S/C27H28N2O3S/c1-21-11-13-24(14-12-21)33(31,32)29-18-16-27(19-23-9-5-6-10-25(23)29)15-17-28(26(27)30)20-22-7-3-2-4-8-22/h2-14H,15-20H2,1H3. The number of sulfonamides is 1. The van der Waals surface area contributed by atoms with Gasteiger partial charge in [0.25, 0.3) is 10.0 Å². The second kappa shape index (κ2) is 8.34. The highest BCUT2D eigenvalue weighted by molar-refractivity contribution is 7.92. The number of nitrogens with zero attached hydrogens (tertiary/aromatic N) is 2. The minimum atomic E-state index is -3.73. The SMILES string of the molecule is Cc1ccc(S(=O)(=O)N2CCC3(CCN(Cc4ccccc4)C3=O)Cc3ccccc32)cc1. The van der Waals surface area contributed by atoms with Gasteiger partial charge in [0, 0.05) is 19.6 Å². The van der Waals surface area contributed by atoms with Crippen molar-refractivity contribution in [3.05, 3.63) is 95.6 Å². The molecule has 2 aliphatic heterocycles. The first kappa shape index (κ1) is 21.7. The van der Waals surface area contributed by atoms with Crippen LogP contribution in [-0.2, 0) is 27.8 Å². The van der Waals surface area contributed by atoms with E-state index in [0.29, 0.717) is 31.6 Å². The highest BCUT2D eigenvalue weighted by atomic mass is 32.2. The summed E-state index contributed by atoms with van der Waals surface area (Å²) in [7, 11) is -3.73. The van der Waals surface area contributed by atoms with Crippen molar-refractivity contribution in [2.24, 2.45) is 5.41 Å². The number of para-hydroxylation sites is 1. The van der Waals surface area contributed by atoms with Gasteiger partial charge in [0.1, 0.15) is 0 Å². The highest BCUT2D eigenvalue weighted by Gasteiger charge is 2.49. The van der Waals surface area contributed by atoms with Crippen molar-refractivity contribution in [2.75, 3.05) is 17.4 Å². The summed E-state index contributed by atoms with van der Waals surface area (Å²) < 4.78 is 28.8. The van der Waals surface area contributed by atoms with Crippen LogP contribution < -0.4 is 4.31 Å². The summed E-state index contributed by atoms with van der Waals surface area (Å²) in [5, 5.41) is 0. The number of fused-ring (bicyclic) bond motifs is 1. The van der Waals surface area contributed by atoms with Gasteiger partial charge in [0.05, 0.1) is 16.0 Å². The predicted molar refractivity (Wildman–Crippen MR) is 129 cm³/mol. The predicted octanol–water partition coefficient (Wildman–Crippen LogP) is 4.56. The number of amides is 1. The summed E-state index contributed by atoms with van der Waals surface area (Å²) in [5.41, 5.74) is 3.16. The van der Waals surface area contributed by atoms with Crippen molar-refractivity contribution in [3.63, 3.8) is 0 Å². The van der Waals surface area contributed by atoms with Crippen molar-refractivity contribution in [1.29, 1.82) is 0 Å². The van der Waals surface area contributed by atoms with Crippen molar-refractivity contribution in [2.45, 2.75) is 37.6 Å². The Morgan fingerprint density at radius 1 is 0.848 bits per heavy atom. The van der Waals surface area contributed by atoms with Crippen LogP contribution in [0.2, 0.25) is 0 Å². The number of rotatable bonds is 4. The van der Waals surface area contributed by atoms with Crippen LogP contribution in [-0.4, -0.2) is 32.3 Å². The Labute approximate surface area is 195 Å². The number of benzene rings is 3. The molecule has 170 valence electrons. The molecule has 6 heteroatoms. The fourth-order valence-electron chi connectivity index (χ4n) is 5.12. The molecule has 0 N–H and O–H groups in total. The maximum atomic E-state index is 13.7. The second-order valence-electron chi connectivity index (χ2n) is 9.19. The van der Waals surface area contributed by atoms with E-state index in [2.05, 4.69) is 0 Å². The molecule has 1 spiro atoms.